The summed E-state index contributed by atoms with van der Waals surface area (Å²) in [6.07, 6.45) is 4.08. The van der Waals surface area contributed by atoms with E-state index in [1.807, 2.05) is 0 Å². The number of hydrogen-bond acceptors (Lipinski definition) is 4. The van der Waals surface area contributed by atoms with Gasteiger partial charge in [-0.2, -0.15) is 0 Å². The molecule has 0 unspecified atom stereocenters. The van der Waals surface area contributed by atoms with E-state index in [0.29, 0.717) is 17.8 Å². The summed E-state index contributed by atoms with van der Waals surface area (Å²) in [5, 5.41) is 9.17. The Balaban J connectivity index is 1.74. The van der Waals surface area contributed by atoms with E-state index in [0.717, 1.165) is 12.0 Å². The third-order valence-corrected chi connectivity index (χ3v) is 4.28. The van der Waals surface area contributed by atoms with Crippen molar-refractivity contribution < 1.29 is 14.2 Å². The summed E-state index contributed by atoms with van der Waals surface area (Å²) in [7, 11) is 0. The lowest BCUT2D eigenvalue weighted by atomic mass is 10.2. The molecule has 124 valence electrons. The smallest absolute Gasteiger partial charge is 0.336 e. The monoisotopic (exact) mass is 329 g/mol. The first-order valence-corrected chi connectivity index (χ1v) is 7.78. The van der Waals surface area contributed by atoms with Gasteiger partial charge >= 0.3 is 5.69 Å². The summed E-state index contributed by atoms with van der Waals surface area (Å²) in [6, 6.07) is 7.71. The molecule has 1 aliphatic heterocycles. The number of aliphatic hydroxyl groups excluding tert-OH is 1. The lowest BCUT2D eigenvalue weighted by Gasteiger charge is -2.14. The van der Waals surface area contributed by atoms with Crippen molar-refractivity contribution in [3.8, 4) is 11.3 Å². The van der Waals surface area contributed by atoms with E-state index >= 15 is 0 Å². The van der Waals surface area contributed by atoms with Gasteiger partial charge in [-0.25, -0.2) is 14.2 Å². The van der Waals surface area contributed by atoms with E-state index < -0.39 is 0 Å². The molecule has 3 heterocycles. The van der Waals surface area contributed by atoms with Gasteiger partial charge in [0, 0.05) is 18.0 Å². The number of nitrogens with zero attached hydrogens (tertiary/aromatic N) is 3. The van der Waals surface area contributed by atoms with Crippen molar-refractivity contribution in [3.05, 3.63) is 59.0 Å². The van der Waals surface area contributed by atoms with Crippen molar-refractivity contribution in [3.63, 3.8) is 0 Å². The van der Waals surface area contributed by atoms with Crippen LogP contribution in [0.25, 0.3) is 16.9 Å². The molecule has 0 saturated carbocycles. The molecule has 0 radical (unpaired) electrons. The van der Waals surface area contributed by atoms with Crippen molar-refractivity contribution in [2.75, 3.05) is 6.61 Å². The molecule has 2 atom stereocenters. The molecule has 1 N–H and O–H groups in total. The summed E-state index contributed by atoms with van der Waals surface area (Å²) in [6.45, 7) is -0.0483. The summed E-state index contributed by atoms with van der Waals surface area (Å²) in [4.78, 5) is 17.1. The van der Waals surface area contributed by atoms with Crippen molar-refractivity contribution >= 4 is 5.65 Å². The standard InChI is InChI=1S/C17H16FN3O3/c18-12-3-1-11(2-4-12)14-9-21-15(19-14)7-8-20(17(21)23)16-6-5-13(10-22)24-16/h1-4,7-9,13,16,22H,5-6,10H2/t13-,16-/m0/s1. The van der Waals surface area contributed by atoms with E-state index in [1.165, 1.54) is 21.1 Å². The van der Waals surface area contributed by atoms with Crippen LogP contribution in [-0.4, -0.2) is 31.8 Å². The molecule has 1 aromatic carbocycles. The first-order chi connectivity index (χ1) is 11.7. The fraction of sp³-hybridized carbons (Fsp3) is 0.294. The second-order valence-corrected chi connectivity index (χ2v) is 5.84. The fourth-order valence-electron chi connectivity index (χ4n) is 3.01. The lowest BCUT2D eigenvalue weighted by Crippen LogP contribution is -2.29. The van der Waals surface area contributed by atoms with Crippen LogP contribution in [0, 0.1) is 5.82 Å². The molecule has 1 saturated heterocycles. The van der Waals surface area contributed by atoms with Crippen LogP contribution in [0.2, 0.25) is 0 Å². The zero-order valence-corrected chi connectivity index (χ0v) is 12.8. The second-order valence-electron chi connectivity index (χ2n) is 5.84. The number of imidazole rings is 1. The molecule has 24 heavy (non-hydrogen) atoms. The number of rotatable bonds is 3. The van der Waals surface area contributed by atoms with Gasteiger partial charge in [0.1, 0.15) is 17.7 Å². The van der Waals surface area contributed by atoms with E-state index in [1.54, 1.807) is 30.6 Å². The molecule has 0 spiro atoms. The summed E-state index contributed by atoms with van der Waals surface area (Å²) in [5.41, 5.74) is 1.61. The Morgan fingerprint density at radius 3 is 2.75 bits per heavy atom. The highest BCUT2D eigenvalue weighted by Crippen LogP contribution is 2.27. The van der Waals surface area contributed by atoms with E-state index in [-0.39, 0.29) is 30.4 Å². The average Bonchev–Trinajstić information content (AvgIpc) is 3.23. The Bertz CT molecular complexity index is 932. The number of ether oxygens (including phenoxy) is 1. The number of halogens is 1. The quantitative estimate of drug-likeness (QED) is 0.798. The molecule has 0 bridgehead atoms. The predicted molar refractivity (Wildman–Crippen MR) is 85.1 cm³/mol. The fourth-order valence-corrected chi connectivity index (χ4v) is 3.01. The Hall–Kier alpha value is -2.51. The van der Waals surface area contributed by atoms with Crippen molar-refractivity contribution in [2.45, 2.75) is 25.2 Å². The zero-order valence-electron chi connectivity index (χ0n) is 12.8. The third-order valence-electron chi connectivity index (χ3n) is 4.28. The van der Waals surface area contributed by atoms with Crippen LogP contribution in [0.3, 0.4) is 0 Å². The topological polar surface area (TPSA) is 68.8 Å². The average molecular weight is 329 g/mol. The van der Waals surface area contributed by atoms with Crippen LogP contribution in [0.1, 0.15) is 19.1 Å². The number of aromatic nitrogens is 3. The molecular weight excluding hydrogens is 313 g/mol. The van der Waals surface area contributed by atoms with Gasteiger partial charge in [-0.05, 0) is 43.2 Å². The maximum atomic E-state index is 13.0. The van der Waals surface area contributed by atoms with Gasteiger partial charge in [0.05, 0.1) is 18.4 Å². The minimum atomic E-state index is -0.379. The minimum Gasteiger partial charge on any atom is -0.394 e. The van der Waals surface area contributed by atoms with Crippen LogP contribution in [0.4, 0.5) is 4.39 Å². The number of benzene rings is 1. The van der Waals surface area contributed by atoms with Crippen LogP contribution in [-0.2, 0) is 4.74 Å². The van der Waals surface area contributed by atoms with Gasteiger partial charge in [0.25, 0.3) is 0 Å². The van der Waals surface area contributed by atoms with Crippen molar-refractivity contribution in [1.29, 1.82) is 0 Å². The van der Waals surface area contributed by atoms with Gasteiger partial charge in [0.2, 0.25) is 0 Å². The molecule has 1 fully saturated rings. The Kier molecular flexibility index (Phi) is 3.66. The lowest BCUT2D eigenvalue weighted by molar-refractivity contribution is -0.0247. The Labute approximate surface area is 136 Å². The highest BCUT2D eigenvalue weighted by molar-refractivity contribution is 5.62. The molecule has 4 rings (SSSR count). The molecule has 3 aromatic rings. The molecule has 7 heteroatoms. The SMILES string of the molecule is O=c1n([C@@H]2CC[C@@H](CO)O2)ccc2nc(-c3ccc(F)cc3)cn12. The van der Waals surface area contributed by atoms with Gasteiger partial charge in [-0.1, -0.05) is 0 Å². The largest absolute Gasteiger partial charge is 0.394 e. The maximum Gasteiger partial charge on any atom is 0.336 e. The molecule has 0 amide bonds. The molecule has 1 aliphatic rings. The first-order valence-electron chi connectivity index (χ1n) is 7.78. The normalized spacial score (nSPS) is 20.8. The van der Waals surface area contributed by atoms with E-state index in [4.69, 9.17) is 9.84 Å². The van der Waals surface area contributed by atoms with Crippen LogP contribution in [0.5, 0.6) is 0 Å². The number of hydrogen-bond donors (Lipinski definition) is 1. The predicted octanol–water partition coefficient (Wildman–Crippen LogP) is 1.97. The van der Waals surface area contributed by atoms with Gasteiger partial charge in [0.15, 0.2) is 0 Å². The second kappa shape index (κ2) is 5.85. The van der Waals surface area contributed by atoms with Crippen LogP contribution in [0.15, 0.2) is 47.5 Å². The summed E-state index contributed by atoms with van der Waals surface area (Å²) in [5.74, 6) is -0.318. The third kappa shape index (κ3) is 2.51. The Morgan fingerprint density at radius 1 is 1.25 bits per heavy atom. The van der Waals surface area contributed by atoms with Gasteiger partial charge < -0.3 is 9.84 Å². The Morgan fingerprint density at radius 2 is 2.04 bits per heavy atom. The summed E-state index contributed by atoms with van der Waals surface area (Å²) >= 11 is 0. The number of aliphatic hydroxyl groups is 1. The first kappa shape index (κ1) is 15.0. The van der Waals surface area contributed by atoms with Gasteiger partial charge in [-0.15, -0.1) is 0 Å². The molecular formula is C17H16FN3O3. The highest BCUT2D eigenvalue weighted by Gasteiger charge is 2.27. The zero-order chi connectivity index (χ0) is 16.7. The molecule has 6 nitrogen and oxygen atoms in total. The number of fused-ring (bicyclic) bond motifs is 1. The van der Waals surface area contributed by atoms with E-state index in [9.17, 15) is 9.18 Å². The highest BCUT2D eigenvalue weighted by atomic mass is 19.1. The van der Waals surface area contributed by atoms with E-state index in [2.05, 4.69) is 4.98 Å². The molecule has 2 aromatic heterocycles. The van der Waals surface area contributed by atoms with Crippen LogP contribution < -0.4 is 5.69 Å². The molecule has 0 aliphatic carbocycles. The van der Waals surface area contributed by atoms with Gasteiger partial charge in [-0.3, -0.25) is 8.97 Å². The summed E-state index contributed by atoms with van der Waals surface area (Å²) < 4.78 is 21.7. The maximum absolute atomic E-state index is 13.0. The van der Waals surface area contributed by atoms with Crippen LogP contribution >= 0.6 is 0 Å². The van der Waals surface area contributed by atoms with Crippen molar-refractivity contribution in [2.24, 2.45) is 0 Å². The minimum absolute atomic E-state index is 0.0483. The van der Waals surface area contributed by atoms with Crippen molar-refractivity contribution in [1.82, 2.24) is 14.0 Å².